The molecule has 2 aromatic rings. The number of allylic oxidation sites excluding steroid dienone is 1. The van der Waals surface area contributed by atoms with Crippen LogP contribution in [0.1, 0.15) is 31.0 Å². The number of hydrogen-bond donors (Lipinski definition) is 0. The number of halogens is 3. The van der Waals surface area contributed by atoms with Crippen LogP contribution in [0.5, 0.6) is 5.75 Å². The average molecular weight is 599 g/mol. The van der Waals surface area contributed by atoms with E-state index in [0.29, 0.717) is 35.3 Å². The lowest BCUT2D eigenvalue weighted by Gasteiger charge is -2.33. The number of fused-ring (bicyclic) bond motifs is 1. The number of rotatable bonds is 6. The van der Waals surface area contributed by atoms with E-state index in [1.54, 1.807) is 6.92 Å². The zero-order chi connectivity index (χ0) is 22.8. The quantitative estimate of drug-likeness (QED) is 0.329. The molecule has 0 saturated heterocycles. The molecule has 0 amide bonds. The van der Waals surface area contributed by atoms with Crippen molar-refractivity contribution >= 4 is 66.4 Å². The van der Waals surface area contributed by atoms with Crippen molar-refractivity contribution in [1.82, 2.24) is 4.90 Å². The largest absolute Gasteiger partial charge is 0.487 e. The van der Waals surface area contributed by atoms with Gasteiger partial charge in [0.25, 0.3) is 0 Å². The van der Waals surface area contributed by atoms with E-state index in [2.05, 4.69) is 36.9 Å². The van der Waals surface area contributed by atoms with Crippen LogP contribution < -0.4 is 4.74 Å². The van der Waals surface area contributed by atoms with Crippen molar-refractivity contribution in [2.45, 2.75) is 26.5 Å². The van der Waals surface area contributed by atoms with Crippen molar-refractivity contribution in [1.29, 1.82) is 0 Å². The zero-order valence-corrected chi connectivity index (χ0v) is 22.0. The second-order valence-electron chi connectivity index (χ2n) is 7.06. The molecule has 2 heterocycles. The highest BCUT2D eigenvalue weighted by Crippen LogP contribution is 2.44. The molecule has 0 radical (unpaired) electrons. The molecule has 9 heteroatoms. The summed E-state index contributed by atoms with van der Waals surface area (Å²) in [4.78, 5) is 19.4. The number of hydrogen-bond acceptors (Lipinski definition) is 6. The number of nitrogens with zero attached hydrogens (tertiary/aromatic N) is 2. The van der Waals surface area contributed by atoms with Gasteiger partial charge in [-0.3, -0.25) is 0 Å². The molecular formula is C23H19Br2ClN2O3S. The summed E-state index contributed by atoms with van der Waals surface area (Å²) in [5, 5.41) is 3.47. The molecule has 2 aromatic carbocycles. The minimum absolute atomic E-state index is 0.300. The summed E-state index contributed by atoms with van der Waals surface area (Å²) >= 11 is 14.8. The third-order valence-corrected chi connectivity index (χ3v) is 7.15. The van der Waals surface area contributed by atoms with Gasteiger partial charge in [-0.15, -0.1) is 0 Å². The van der Waals surface area contributed by atoms with Gasteiger partial charge < -0.3 is 14.4 Å². The van der Waals surface area contributed by atoms with E-state index in [-0.39, 0.29) is 12.0 Å². The first-order valence-corrected chi connectivity index (χ1v) is 12.7. The average Bonchev–Trinajstić information content (AvgIpc) is 3.21. The highest BCUT2D eigenvalue weighted by atomic mass is 79.9. The maximum atomic E-state index is 12.8. The highest BCUT2D eigenvalue weighted by molar-refractivity contribution is 9.11. The fraction of sp³-hybridized carbons (Fsp3) is 0.217. The zero-order valence-electron chi connectivity index (χ0n) is 17.3. The fourth-order valence-electron chi connectivity index (χ4n) is 3.51. The molecule has 4 rings (SSSR count). The minimum atomic E-state index is -0.363. The summed E-state index contributed by atoms with van der Waals surface area (Å²) in [7, 11) is 0. The van der Waals surface area contributed by atoms with E-state index in [1.165, 1.54) is 11.8 Å². The summed E-state index contributed by atoms with van der Waals surface area (Å²) in [6.07, 6.45) is 1.94. The maximum absolute atomic E-state index is 12.8. The lowest BCUT2D eigenvalue weighted by Crippen LogP contribution is -2.34. The van der Waals surface area contributed by atoms with Crippen molar-refractivity contribution < 1.29 is 14.3 Å². The topological polar surface area (TPSA) is 51.1 Å². The SMILES string of the molecule is CCOC(=O)C1=C(C)N=C2SC=CN2[C@@H]1c1cc(Br)c(OCc2ccc(Cl)cc2)c(Br)c1. The maximum Gasteiger partial charge on any atom is 0.338 e. The van der Waals surface area contributed by atoms with Gasteiger partial charge in [-0.2, -0.15) is 0 Å². The molecule has 0 aliphatic carbocycles. The summed E-state index contributed by atoms with van der Waals surface area (Å²) in [6, 6.07) is 11.1. The van der Waals surface area contributed by atoms with Crippen molar-refractivity contribution in [3.05, 3.63) is 84.4 Å². The molecule has 2 aliphatic heterocycles. The van der Waals surface area contributed by atoms with E-state index >= 15 is 0 Å². The first kappa shape index (κ1) is 23.4. The van der Waals surface area contributed by atoms with Gasteiger partial charge in [0, 0.05) is 11.2 Å². The Hall–Kier alpha value is -1.74. The summed E-state index contributed by atoms with van der Waals surface area (Å²) in [5.74, 6) is 0.316. The summed E-state index contributed by atoms with van der Waals surface area (Å²) in [5.41, 5.74) is 3.10. The molecule has 0 saturated carbocycles. The van der Waals surface area contributed by atoms with Crippen molar-refractivity contribution in [3.8, 4) is 5.75 Å². The van der Waals surface area contributed by atoms with Gasteiger partial charge in [0.1, 0.15) is 12.4 Å². The number of carbonyl (C=O) groups is 1. The van der Waals surface area contributed by atoms with E-state index in [4.69, 9.17) is 21.1 Å². The second kappa shape index (κ2) is 10.0. The molecule has 1 atom stereocenters. The Morgan fingerprint density at radius 1 is 1.22 bits per heavy atom. The van der Waals surface area contributed by atoms with Gasteiger partial charge in [-0.25, -0.2) is 9.79 Å². The summed E-state index contributed by atoms with van der Waals surface area (Å²) < 4.78 is 13.0. The van der Waals surface area contributed by atoms with Crippen LogP contribution in [-0.2, 0) is 16.1 Å². The molecule has 0 unspecified atom stereocenters. The summed E-state index contributed by atoms with van der Waals surface area (Å²) in [6.45, 7) is 4.34. The molecule has 166 valence electrons. The predicted octanol–water partition coefficient (Wildman–Crippen LogP) is 7.21. The number of ether oxygens (including phenoxy) is 2. The van der Waals surface area contributed by atoms with Crippen LogP contribution in [0.15, 0.2) is 73.2 Å². The number of carbonyl (C=O) groups excluding carboxylic acids is 1. The Balaban J connectivity index is 1.67. The van der Waals surface area contributed by atoms with Crippen LogP contribution in [-0.4, -0.2) is 22.6 Å². The van der Waals surface area contributed by atoms with E-state index in [9.17, 15) is 4.79 Å². The molecule has 2 aliphatic rings. The minimum Gasteiger partial charge on any atom is -0.487 e. The third kappa shape index (κ3) is 4.78. The Morgan fingerprint density at radius 3 is 2.56 bits per heavy atom. The van der Waals surface area contributed by atoms with E-state index < -0.39 is 0 Å². The van der Waals surface area contributed by atoms with Crippen LogP contribution in [0.4, 0.5) is 0 Å². The molecule has 32 heavy (non-hydrogen) atoms. The molecule has 0 N–H and O–H groups in total. The predicted molar refractivity (Wildman–Crippen MR) is 136 cm³/mol. The first-order chi connectivity index (χ1) is 15.4. The number of thioether (sulfide) groups is 1. The highest BCUT2D eigenvalue weighted by Gasteiger charge is 2.38. The Bertz CT molecular complexity index is 1130. The van der Waals surface area contributed by atoms with Crippen LogP contribution in [0.2, 0.25) is 5.02 Å². The van der Waals surface area contributed by atoms with E-state index in [0.717, 1.165) is 25.2 Å². The van der Waals surface area contributed by atoms with Gasteiger partial charge in [0.05, 0.1) is 32.9 Å². The number of amidine groups is 1. The van der Waals surface area contributed by atoms with Gasteiger partial charge in [0.15, 0.2) is 5.17 Å². The number of esters is 1. The normalized spacial score (nSPS) is 17.3. The Labute approximate surface area is 212 Å². The number of benzene rings is 2. The standard InChI is InChI=1S/C23H19Br2ClN2O3S/c1-3-30-22(29)19-13(2)27-23-28(8-9-32-23)20(19)15-10-17(24)21(18(25)11-15)31-12-14-4-6-16(26)7-5-14/h4-11,20H,3,12H2,1-2H3/t20-/m1/s1. The fourth-order valence-corrected chi connectivity index (χ4v) is 5.88. The third-order valence-electron chi connectivity index (χ3n) is 4.95. The molecule has 0 bridgehead atoms. The Kier molecular flexibility index (Phi) is 7.34. The van der Waals surface area contributed by atoms with Crippen LogP contribution in [0, 0.1) is 0 Å². The smallest absolute Gasteiger partial charge is 0.338 e. The molecule has 5 nitrogen and oxygen atoms in total. The van der Waals surface area contributed by atoms with Crippen molar-refractivity contribution in [2.24, 2.45) is 4.99 Å². The van der Waals surface area contributed by atoms with Crippen LogP contribution in [0.3, 0.4) is 0 Å². The van der Waals surface area contributed by atoms with Gasteiger partial charge >= 0.3 is 5.97 Å². The monoisotopic (exact) mass is 596 g/mol. The van der Waals surface area contributed by atoms with E-state index in [1.807, 2.05) is 59.8 Å². The Morgan fingerprint density at radius 2 is 1.91 bits per heavy atom. The molecule has 0 spiro atoms. The molecular weight excluding hydrogens is 580 g/mol. The van der Waals surface area contributed by atoms with Gasteiger partial charge in [-0.1, -0.05) is 35.5 Å². The van der Waals surface area contributed by atoms with Gasteiger partial charge in [-0.05, 0) is 86.5 Å². The van der Waals surface area contributed by atoms with Gasteiger partial charge in [0.2, 0.25) is 0 Å². The van der Waals surface area contributed by atoms with Crippen molar-refractivity contribution in [2.75, 3.05) is 6.61 Å². The first-order valence-electron chi connectivity index (χ1n) is 9.83. The number of aliphatic imine (C=N–C) groups is 1. The molecule has 0 aromatic heterocycles. The van der Waals surface area contributed by atoms with Crippen LogP contribution >= 0.6 is 55.2 Å². The molecule has 0 fully saturated rings. The second-order valence-corrected chi connectivity index (χ2v) is 10.1. The lowest BCUT2D eigenvalue weighted by molar-refractivity contribution is -0.139. The van der Waals surface area contributed by atoms with Crippen molar-refractivity contribution in [3.63, 3.8) is 0 Å². The lowest BCUT2D eigenvalue weighted by atomic mass is 9.95. The van der Waals surface area contributed by atoms with Crippen LogP contribution in [0.25, 0.3) is 0 Å².